The number of amides is 4. The quantitative estimate of drug-likeness (QED) is 0.257. The monoisotopic (exact) mass is 728 g/mol. The zero-order valence-electron chi connectivity index (χ0n) is 32.2. The highest BCUT2D eigenvalue weighted by Crippen LogP contribution is 2.36. The molecule has 3 heterocycles. The van der Waals surface area contributed by atoms with E-state index in [1.165, 1.54) is 19.3 Å². The number of hydrogen-bond donors (Lipinski definition) is 5. The minimum Gasteiger partial charge on any atom is -0.375 e. The van der Waals surface area contributed by atoms with Gasteiger partial charge in [-0.05, 0) is 102 Å². The van der Waals surface area contributed by atoms with Crippen molar-refractivity contribution in [2.24, 2.45) is 29.6 Å². The van der Waals surface area contributed by atoms with E-state index >= 15 is 0 Å². The highest BCUT2D eigenvalue weighted by molar-refractivity contribution is 5.94. The van der Waals surface area contributed by atoms with Crippen molar-refractivity contribution >= 4 is 23.6 Å². The first-order valence-corrected chi connectivity index (χ1v) is 21.2. The number of fused-ring (bicyclic) bond motifs is 4. The second-order valence-electron chi connectivity index (χ2n) is 17.6. The van der Waals surface area contributed by atoms with Gasteiger partial charge in [-0.2, -0.15) is 0 Å². The van der Waals surface area contributed by atoms with Gasteiger partial charge in [0.25, 0.3) is 0 Å². The maximum atomic E-state index is 14.4. The van der Waals surface area contributed by atoms with Gasteiger partial charge < -0.3 is 30.9 Å². The van der Waals surface area contributed by atoms with E-state index in [2.05, 4.69) is 38.6 Å². The molecule has 3 saturated carbocycles. The fraction of sp³-hybridized carbons (Fsp3) is 0.900. The van der Waals surface area contributed by atoms with Gasteiger partial charge in [-0.3, -0.25) is 24.6 Å². The number of carbonyl (C=O) groups excluding carboxylic acids is 4. The van der Waals surface area contributed by atoms with Crippen molar-refractivity contribution in [3.63, 3.8) is 0 Å². The molecule has 0 aromatic heterocycles. The zero-order valence-corrected chi connectivity index (χ0v) is 32.2. The molecular formula is C40H69N7O5. The van der Waals surface area contributed by atoms with Crippen LogP contribution in [0.25, 0.3) is 0 Å². The Hall–Kier alpha value is -2.28. The van der Waals surface area contributed by atoms with Crippen LogP contribution in [-0.4, -0.2) is 111 Å². The highest BCUT2D eigenvalue weighted by atomic mass is 16.5. The van der Waals surface area contributed by atoms with Crippen LogP contribution in [0.3, 0.4) is 0 Å². The van der Waals surface area contributed by atoms with E-state index in [0.717, 1.165) is 110 Å². The molecule has 52 heavy (non-hydrogen) atoms. The Labute approximate surface area is 312 Å². The van der Waals surface area contributed by atoms with E-state index in [4.69, 9.17) is 4.74 Å². The van der Waals surface area contributed by atoms with Gasteiger partial charge in [-0.25, -0.2) is 5.01 Å². The number of rotatable bonds is 8. The Kier molecular flexibility index (Phi) is 14.7. The summed E-state index contributed by atoms with van der Waals surface area (Å²) in [5, 5.41) is 14.7. The first-order chi connectivity index (χ1) is 25.2. The predicted molar refractivity (Wildman–Crippen MR) is 201 cm³/mol. The van der Waals surface area contributed by atoms with Crippen LogP contribution in [0.2, 0.25) is 0 Å². The zero-order chi connectivity index (χ0) is 36.5. The molecule has 5 unspecified atom stereocenters. The summed E-state index contributed by atoms with van der Waals surface area (Å²) in [6.45, 7) is 3.94. The van der Waals surface area contributed by atoms with Crippen molar-refractivity contribution in [3.8, 4) is 0 Å². The number of ether oxygens (including phenoxy) is 1. The lowest BCUT2D eigenvalue weighted by molar-refractivity contribution is -0.136. The Bertz CT molecular complexity index is 1190. The molecule has 3 aliphatic carbocycles. The third kappa shape index (κ3) is 11.6. The molecule has 4 amide bonds. The summed E-state index contributed by atoms with van der Waals surface area (Å²) in [5.74, 6) is 0.479. The topological polar surface area (TPSA) is 144 Å². The lowest BCUT2D eigenvalue weighted by Crippen LogP contribution is -2.58. The van der Waals surface area contributed by atoms with Crippen molar-refractivity contribution in [2.75, 3.05) is 46.8 Å². The lowest BCUT2D eigenvalue weighted by Gasteiger charge is -2.38. The van der Waals surface area contributed by atoms with Gasteiger partial charge >= 0.3 is 0 Å². The summed E-state index contributed by atoms with van der Waals surface area (Å²) >= 11 is 0. The van der Waals surface area contributed by atoms with Gasteiger partial charge in [-0.1, -0.05) is 57.8 Å². The second kappa shape index (κ2) is 19.4. The molecule has 8 atom stereocenters. The average Bonchev–Trinajstić information content (AvgIpc) is 3.57. The van der Waals surface area contributed by atoms with Crippen LogP contribution >= 0.6 is 0 Å². The minimum absolute atomic E-state index is 0.0527. The van der Waals surface area contributed by atoms with Gasteiger partial charge in [0.1, 0.15) is 18.1 Å². The largest absolute Gasteiger partial charge is 0.375 e. The maximum Gasteiger partial charge on any atom is 0.243 e. The first-order valence-electron chi connectivity index (χ1n) is 21.2. The van der Waals surface area contributed by atoms with Gasteiger partial charge in [0.2, 0.25) is 23.6 Å². The molecule has 6 aliphatic rings. The van der Waals surface area contributed by atoms with Crippen molar-refractivity contribution in [3.05, 3.63) is 0 Å². The van der Waals surface area contributed by atoms with E-state index in [0.29, 0.717) is 37.6 Å². The van der Waals surface area contributed by atoms with E-state index in [9.17, 15) is 19.2 Å². The van der Waals surface area contributed by atoms with Crippen LogP contribution in [0, 0.1) is 29.6 Å². The van der Waals surface area contributed by atoms with Crippen molar-refractivity contribution in [1.82, 2.24) is 36.6 Å². The molecule has 3 saturated heterocycles. The summed E-state index contributed by atoms with van der Waals surface area (Å²) in [4.78, 5) is 58.6. The highest BCUT2D eigenvalue weighted by Gasteiger charge is 2.37. The Morgan fingerprint density at radius 3 is 2.10 bits per heavy atom. The first kappa shape index (κ1) is 39.4. The number of hydrogen-bond acceptors (Lipinski definition) is 8. The molecule has 3 aliphatic heterocycles. The SMILES string of the molecule is CN1CCC(C(=O)N[C@H]2CC3CCCC(C3)OC3CCCC(C3)C[C@@H](C(=O)NCC3CNN(C)C3)NC(=O)[C@H](CCC3CCCCC3)NC2=O)CC1. The third-order valence-corrected chi connectivity index (χ3v) is 13.3. The van der Waals surface area contributed by atoms with Crippen LogP contribution < -0.4 is 26.7 Å². The van der Waals surface area contributed by atoms with Gasteiger partial charge in [0.15, 0.2) is 0 Å². The number of piperidine rings is 1. The van der Waals surface area contributed by atoms with Crippen LogP contribution in [-0.2, 0) is 23.9 Å². The summed E-state index contributed by atoms with van der Waals surface area (Å²) in [5.41, 5.74) is 3.31. The standard InChI is InChI=1S/C40H69N7O5/c1-46-18-16-31(17-19-46)37(48)44-36-23-29-11-7-13-33(21-29)52-32-12-6-10-28(20-32)22-35(38(49)41-24-30-25-42-47(2)26-30)45-39(50)34(43-40(36)51)15-14-27-8-4-3-5-9-27/h27-36,42H,3-26H2,1-2H3,(H,41,49)(H,43,51)(H,44,48)(H,45,50)/t28?,29?,30?,32?,33?,34-,35-,36-/m0/s1. The molecular weight excluding hydrogens is 658 g/mol. The molecule has 0 radical (unpaired) electrons. The molecule has 5 N–H and O–H groups in total. The summed E-state index contributed by atoms with van der Waals surface area (Å²) in [7, 11) is 4.09. The third-order valence-electron chi connectivity index (χ3n) is 13.3. The number of carbonyl (C=O) groups is 4. The van der Waals surface area contributed by atoms with Crippen molar-refractivity contribution < 1.29 is 23.9 Å². The van der Waals surface area contributed by atoms with E-state index in [-0.39, 0.29) is 53.6 Å². The summed E-state index contributed by atoms with van der Waals surface area (Å²) in [6, 6.07) is -2.18. The lowest BCUT2D eigenvalue weighted by atomic mass is 9.81. The molecule has 12 heteroatoms. The fourth-order valence-electron chi connectivity index (χ4n) is 10.1. The molecule has 0 aromatic carbocycles. The Balaban J connectivity index is 1.22. The van der Waals surface area contributed by atoms with Crippen LogP contribution in [0.1, 0.15) is 122 Å². The minimum atomic E-state index is -0.769. The summed E-state index contributed by atoms with van der Waals surface area (Å²) in [6.07, 6.45) is 18.3. The van der Waals surface area contributed by atoms with E-state index < -0.39 is 18.1 Å². The number of hydrazine groups is 1. The number of nitrogens with one attached hydrogen (secondary N) is 5. The van der Waals surface area contributed by atoms with Crippen LogP contribution in [0.15, 0.2) is 0 Å². The van der Waals surface area contributed by atoms with Crippen LogP contribution in [0.4, 0.5) is 0 Å². The van der Waals surface area contributed by atoms with Crippen LogP contribution in [0.5, 0.6) is 0 Å². The molecule has 6 rings (SSSR count). The Morgan fingerprint density at radius 2 is 1.42 bits per heavy atom. The average molecular weight is 728 g/mol. The number of likely N-dealkylation sites (tertiary alicyclic amines) is 1. The van der Waals surface area contributed by atoms with Crippen molar-refractivity contribution in [1.29, 1.82) is 0 Å². The molecule has 0 spiro atoms. The van der Waals surface area contributed by atoms with E-state index in [1.807, 2.05) is 12.1 Å². The molecule has 4 bridgehead atoms. The molecule has 294 valence electrons. The maximum absolute atomic E-state index is 14.4. The van der Waals surface area contributed by atoms with E-state index in [1.54, 1.807) is 0 Å². The van der Waals surface area contributed by atoms with Gasteiger partial charge in [0.05, 0.1) is 12.2 Å². The smallest absolute Gasteiger partial charge is 0.243 e. The van der Waals surface area contributed by atoms with Gasteiger partial charge in [-0.15, -0.1) is 0 Å². The summed E-state index contributed by atoms with van der Waals surface area (Å²) < 4.78 is 6.80. The predicted octanol–water partition coefficient (Wildman–Crippen LogP) is 3.25. The molecule has 6 fully saturated rings. The fourth-order valence-corrected chi connectivity index (χ4v) is 10.1. The molecule has 0 aromatic rings. The Morgan fingerprint density at radius 1 is 0.731 bits per heavy atom. The number of nitrogens with zero attached hydrogens (tertiary/aromatic N) is 2. The normalized spacial score (nSPS) is 35.3. The molecule has 12 nitrogen and oxygen atoms in total. The van der Waals surface area contributed by atoms with Crippen molar-refractivity contribution in [2.45, 2.75) is 152 Å². The second-order valence-corrected chi connectivity index (χ2v) is 17.6. The van der Waals surface area contributed by atoms with Gasteiger partial charge in [0, 0.05) is 38.5 Å².